The smallest absolute Gasteiger partial charge is 0.191 e. The zero-order chi connectivity index (χ0) is 21.2. The van der Waals surface area contributed by atoms with Crippen LogP contribution in [-0.4, -0.2) is 19.7 Å². The molecular weight excluding hydrogens is 464 g/mol. The third-order valence-corrected chi connectivity index (χ3v) is 8.11. The van der Waals surface area contributed by atoms with E-state index in [-0.39, 0.29) is 0 Å². The zero-order valence-corrected chi connectivity index (χ0v) is 20.0. The summed E-state index contributed by atoms with van der Waals surface area (Å²) in [6, 6.07) is 16.3. The van der Waals surface area contributed by atoms with E-state index in [1.54, 1.807) is 34.4 Å². The number of fused-ring (bicyclic) bond motifs is 1. The molecule has 0 aliphatic heterocycles. The highest BCUT2D eigenvalue weighted by Gasteiger charge is 2.18. The Morgan fingerprint density at radius 1 is 0.968 bits per heavy atom. The van der Waals surface area contributed by atoms with Crippen molar-refractivity contribution < 1.29 is 0 Å². The van der Waals surface area contributed by atoms with Crippen LogP contribution in [0, 0.1) is 0 Å². The van der Waals surface area contributed by atoms with Crippen molar-refractivity contribution in [1.82, 2.24) is 19.7 Å². The maximum Gasteiger partial charge on any atom is 0.191 e. The van der Waals surface area contributed by atoms with Gasteiger partial charge in [-0.25, -0.2) is 4.98 Å². The average Bonchev–Trinajstić information content (AvgIpc) is 3.51. The van der Waals surface area contributed by atoms with Crippen LogP contribution in [-0.2, 0) is 12.3 Å². The Bertz CT molecular complexity index is 1340. The van der Waals surface area contributed by atoms with Gasteiger partial charge in [-0.3, -0.25) is 0 Å². The maximum atomic E-state index is 6.33. The molecule has 31 heavy (non-hydrogen) atoms. The number of hydrogen-bond acceptors (Lipinski definition) is 6. The van der Waals surface area contributed by atoms with Gasteiger partial charge in [0.2, 0.25) is 0 Å². The molecule has 0 amide bonds. The number of thiophene rings is 1. The summed E-state index contributed by atoms with van der Waals surface area (Å²) in [6.07, 6.45) is 1.02. The minimum absolute atomic E-state index is 0.728. The molecule has 156 valence electrons. The van der Waals surface area contributed by atoms with Crippen LogP contribution in [0.4, 0.5) is 0 Å². The Morgan fingerprint density at radius 2 is 1.81 bits per heavy atom. The van der Waals surface area contributed by atoms with E-state index in [0.29, 0.717) is 0 Å². The molecule has 0 unspecified atom stereocenters. The van der Waals surface area contributed by atoms with Gasteiger partial charge in [0.05, 0.1) is 10.7 Å². The van der Waals surface area contributed by atoms with E-state index in [0.717, 1.165) is 56.6 Å². The number of halogens is 1. The summed E-state index contributed by atoms with van der Waals surface area (Å²) in [5.74, 6) is 1.68. The van der Waals surface area contributed by atoms with Gasteiger partial charge < -0.3 is 4.57 Å². The summed E-state index contributed by atoms with van der Waals surface area (Å²) in [5.41, 5.74) is 3.16. The van der Waals surface area contributed by atoms with Crippen molar-refractivity contribution in [2.45, 2.75) is 30.8 Å². The number of benzene rings is 2. The van der Waals surface area contributed by atoms with Gasteiger partial charge in [-0.1, -0.05) is 66.7 Å². The maximum absolute atomic E-state index is 6.33. The van der Waals surface area contributed by atoms with Crippen LogP contribution >= 0.6 is 46.0 Å². The molecule has 3 aromatic heterocycles. The predicted octanol–water partition coefficient (Wildman–Crippen LogP) is 7.64. The molecule has 0 bridgehead atoms. The molecule has 2 aromatic carbocycles. The molecule has 0 aliphatic rings. The summed E-state index contributed by atoms with van der Waals surface area (Å²) >= 11 is 11.4. The molecule has 4 nitrogen and oxygen atoms in total. The third-order valence-electron chi connectivity index (χ3n) is 4.89. The van der Waals surface area contributed by atoms with Gasteiger partial charge in [0.15, 0.2) is 11.0 Å². The largest absolute Gasteiger partial charge is 0.302 e. The second-order valence-electron chi connectivity index (χ2n) is 7.02. The summed E-state index contributed by atoms with van der Waals surface area (Å²) < 4.78 is 3.51. The van der Waals surface area contributed by atoms with Gasteiger partial charge >= 0.3 is 0 Å². The average molecular weight is 483 g/mol. The first-order valence-corrected chi connectivity index (χ1v) is 13.1. The molecule has 0 fully saturated rings. The predicted molar refractivity (Wildman–Crippen MR) is 133 cm³/mol. The first-order valence-electron chi connectivity index (χ1n) is 9.96. The lowest BCUT2D eigenvalue weighted by Crippen LogP contribution is -2.01. The second-order valence-corrected chi connectivity index (χ2v) is 10.1. The second kappa shape index (κ2) is 9.12. The lowest BCUT2D eigenvalue weighted by molar-refractivity contribution is 0.626. The van der Waals surface area contributed by atoms with Crippen LogP contribution in [0.3, 0.4) is 0 Å². The lowest BCUT2D eigenvalue weighted by Gasteiger charge is -2.08. The Hall–Kier alpha value is -2.19. The molecule has 0 saturated carbocycles. The molecule has 8 heteroatoms. The van der Waals surface area contributed by atoms with E-state index < -0.39 is 0 Å². The zero-order valence-electron chi connectivity index (χ0n) is 16.8. The fourth-order valence-corrected chi connectivity index (χ4v) is 6.48. The molecule has 0 saturated heterocycles. The van der Waals surface area contributed by atoms with E-state index >= 15 is 0 Å². The fourth-order valence-electron chi connectivity index (χ4n) is 3.44. The minimum Gasteiger partial charge on any atom is -0.302 e. The molecule has 3 heterocycles. The number of thioether (sulfide) groups is 1. The van der Waals surface area contributed by atoms with E-state index in [2.05, 4.69) is 56.7 Å². The summed E-state index contributed by atoms with van der Waals surface area (Å²) in [4.78, 5) is 4.79. The van der Waals surface area contributed by atoms with E-state index in [9.17, 15) is 0 Å². The minimum atomic E-state index is 0.728. The van der Waals surface area contributed by atoms with Gasteiger partial charge in [-0.2, -0.15) is 0 Å². The quantitative estimate of drug-likeness (QED) is 0.223. The first kappa shape index (κ1) is 20.7. The van der Waals surface area contributed by atoms with Crippen molar-refractivity contribution in [1.29, 1.82) is 0 Å². The normalized spacial score (nSPS) is 11.4. The summed E-state index contributed by atoms with van der Waals surface area (Å²) in [7, 11) is 0. The summed E-state index contributed by atoms with van der Waals surface area (Å²) in [5, 5.41) is 17.2. The van der Waals surface area contributed by atoms with Gasteiger partial charge in [0.25, 0.3) is 0 Å². The Labute approximate surface area is 197 Å². The van der Waals surface area contributed by atoms with Crippen molar-refractivity contribution in [3.63, 3.8) is 0 Å². The van der Waals surface area contributed by atoms with Crippen molar-refractivity contribution in [3.8, 4) is 22.0 Å². The molecule has 0 atom stereocenters. The highest BCUT2D eigenvalue weighted by atomic mass is 35.5. The van der Waals surface area contributed by atoms with Crippen LogP contribution in [0.25, 0.3) is 32.0 Å². The van der Waals surface area contributed by atoms with Crippen LogP contribution in [0.1, 0.15) is 19.0 Å². The number of thiazole rings is 1. The fraction of sp³-hybridized carbons (Fsp3) is 0.174. The van der Waals surface area contributed by atoms with E-state index in [4.69, 9.17) is 16.6 Å². The molecule has 0 aliphatic carbocycles. The van der Waals surface area contributed by atoms with Crippen molar-refractivity contribution in [3.05, 3.63) is 70.0 Å². The highest BCUT2D eigenvalue weighted by Crippen LogP contribution is 2.36. The Balaban J connectivity index is 1.40. The molecular formula is C23H19ClN4S3. The monoisotopic (exact) mass is 482 g/mol. The van der Waals surface area contributed by atoms with E-state index in [1.165, 1.54) is 10.1 Å². The van der Waals surface area contributed by atoms with Crippen LogP contribution in [0.15, 0.2) is 64.4 Å². The molecule has 0 spiro atoms. The number of nitrogens with zero attached hydrogens (tertiary/aromatic N) is 4. The Morgan fingerprint density at radius 3 is 2.68 bits per heavy atom. The summed E-state index contributed by atoms with van der Waals surface area (Å²) in [6.45, 7) is 3.07. The van der Waals surface area contributed by atoms with Gasteiger partial charge in [-0.05, 0) is 18.6 Å². The van der Waals surface area contributed by atoms with Crippen molar-refractivity contribution in [2.24, 2.45) is 0 Å². The van der Waals surface area contributed by atoms with Crippen molar-refractivity contribution >= 4 is 56.1 Å². The Kier molecular flexibility index (Phi) is 6.09. The molecule has 5 rings (SSSR count). The van der Waals surface area contributed by atoms with Crippen molar-refractivity contribution in [2.75, 3.05) is 0 Å². The molecule has 5 aromatic rings. The highest BCUT2D eigenvalue weighted by molar-refractivity contribution is 7.98. The van der Waals surface area contributed by atoms with Gasteiger partial charge in [-0.15, -0.1) is 32.9 Å². The topological polar surface area (TPSA) is 43.6 Å². The van der Waals surface area contributed by atoms with Crippen LogP contribution in [0.2, 0.25) is 5.02 Å². The van der Waals surface area contributed by atoms with E-state index in [1.807, 2.05) is 24.3 Å². The van der Waals surface area contributed by atoms with Crippen LogP contribution < -0.4 is 0 Å². The number of rotatable bonds is 7. The SMILES string of the molecule is CCCn1c(SCc2csc(-c3ccccc3Cl)n2)nnc1-c1csc2ccccc12. The third kappa shape index (κ3) is 4.15. The number of hydrogen-bond donors (Lipinski definition) is 0. The van der Waals surface area contributed by atoms with Gasteiger partial charge in [0, 0.05) is 44.3 Å². The molecule has 0 radical (unpaired) electrons. The molecule has 0 N–H and O–H groups in total. The van der Waals surface area contributed by atoms with Gasteiger partial charge in [0.1, 0.15) is 5.01 Å². The van der Waals surface area contributed by atoms with Crippen LogP contribution in [0.5, 0.6) is 0 Å². The first-order chi connectivity index (χ1) is 15.2. The number of aromatic nitrogens is 4. The standard InChI is InChI=1S/C23H19ClN4S3/c1-2-11-28-21(18-14-29-20-10-6-4-7-16(18)20)26-27-23(28)31-13-15-12-30-22(25-15)17-8-3-5-9-19(17)24/h3-10,12,14H,2,11,13H2,1H3. The lowest BCUT2D eigenvalue weighted by atomic mass is 10.1.